The Morgan fingerprint density at radius 2 is 1.92 bits per heavy atom. The molecule has 2 heterocycles. The van der Waals surface area contributed by atoms with Crippen molar-refractivity contribution in [3.63, 3.8) is 0 Å². The van der Waals surface area contributed by atoms with Gasteiger partial charge >= 0.3 is 0 Å². The van der Waals surface area contributed by atoms with Gasteiger partial charge in [-0.1, -0.05) is 41.9 Å². The summed E-state index contributed by atoms with van der Waals surface area (Å²) in [7, 11) is 0. The van der Waals surface area contributed by atoms with Crippen LogP contribution in [0.25, 0.3) is 16.6 Å². The highest BCUT2D eigenvalue weighted by atomic mass is 79.9. The van der Waals surface area contributed by atoms with Crippen LogP contribution in [0.15, 0.2) is 71.3 Å². The first kappa shape index (κ1) is 23.8. The number of carbonyl (C=O) groups excluding carboxylic acids is 1. The van der Waals surface area contributed by atoms with E-state index in [2.05, 4.69) is 45.9 Å². The Labute approximate surface area is 216 Å². The van der Waals surface area contributed by atoms with Crippen LogP contribution in [0.1, 0.15) is 46.9 Å². The first-order chi connectivity index (χ1) is 17.2. The smallest absolute Gasteiger partial charge is 0.214 e. The SMILES string of the molecule is Cc1cc(Oc2ccccc2F)ccc1-n1ncc(C(=O)c2cc3cc(C(C)C)c(Br)cc3[nH]2)c1N. The second-order valence-electron chi connectivity index (χ2n) is 8.96. The summed E-state index contributed by atoms with van der Waals surface area (Å²) >= 11 is 3.62. The normalized spacial score (nSPS) is 11.4. The van der Waals surface area contributed by atoms with E-state index >= 15 is 0 Å². The average Bonchev–Trinajstić information content (AvgIpc) is 3.42. The highest BCUT2D eigenvalue weighted by Gasteiger charge is 2.21. The molecule has 0 aliphatic heterocycles. The van der Waals surface area contributed by atoms with Crippen molar-refractivity contribution in [3.8, 4) is 17.2 Å². The third kappa shape index (κ3) is 4.28. The molecule has 0 bridgehead atoms. The number of benzene rings is 3. The van der Waals surface area contributed by atoms with Crippen molar-refractivity contribution in [1.82, 2.24) is 14.8 Å². The third-order valence-corrected chi connectivity index (χ3v) is 6.80. The molecule has 182 valence electrons. The Hall–Kier alpha value is -3.91. The lowest BCUT2D eigenvalue weighted by Crippen LogP contribution is -2.08. The zero-order valence-electron chi connectivity index (χ0n) is 20.0. The Kier molecular flexibility index (Phi) is 6.14. The lowest BCUT2D eigenvalue weighted by molar-refractivity contribution is 0.103. The molecular formula is C28H24BrFN4O2. The number of ether oxygens (including phenoxy) is 1. The molecule has 0 aliphatic rings. The number of para-hydroxylation sites is 1. The van der Waals surface area contributed by atoms with Gasteiger partial charge in [0.1, 0.15) is 11.6 Å². The van der Waals surface area contributed by atoms with Crippen molar-refractivity contribution in [2.24, 2.45) is 0 Å². The number of carbonyl (C=O) groups is 1. The number of aromatic amines is 1. The van der Waals surface area contributed by atoms with E-state index in [9.17, 15) is 9.18 Å². The first-order valence-corrected chi connectivity index (χ1v) is 12.3. The van der Waals surface area contributed by atoms with Gasteiger partial charge in [0.25, 0.3) is 0 Å². The lowest BCUT2D eigenvalue weighted by Gasteiger charge is -2.12. The lowest BCUT2D eigenvalue weighted by atomic mass is 10.0. The topological polar surface area (TPSA) is 85.9 Å². The summed E-state index contributed by atoms with van der Waals surface area (Å²) in [5.41, 5.74) is 10.6. The number of aryl methyl sites for hydroxylation is 1. The zero-order valence-corrected chi connectivity index (χ0v) is 21.6. The largest absolute Gasteiger partial charge is 0.454 e. The van der Waals surface area contributed by atoms with Crippen LogP contribution in [0.4, 0.5) is 10.2 Å². The summed E-state index contributed by atoms with van der Waals surface area (Å²) in [6.07, 6.45) is 1.47. The number of nitrogens with two attached hydrogens (primary N) is 1. The molecule has 36 heavy (non-hydrogen) atoms. The minimum Gasteiger partial charge on any atom is -0.454 e. The summed E-state index contributed by atoms with van der Waals surface area (Å²) in [4.78, 5) is 16.5. The molecule has 0 radical (unpaired) electrons. The van der Waals surface area contributed by atoms with Gasteiger partial charge in [0.15, 0.2) is 11.6 Å². The van der Waals surface area contributed by atoms with Crippen LogP contribution in [0.2, 0.25) is 0 Å². The second kappa shape index (κ2) is 9.28. The van der Waals surface area contributed by atoms with Crippen LogP contribution in [-0.2, 0) is 0 Å². The molecule has 5 aromatic rings. The Morgan fingerprint density at radius 1 is 1.14 bits per heavy atom. The fraction of sp³-hybridized carbons (Fsp3) is 0.143. The molecule has 5 rings (SSSR count). The number of anilines is 1. The molecule has 6 nitrogen and oxygen atoms in total. The Bertz CT molecular complexity index is 1620. The zero-order chi connectivity index (χ0) is 25.6. The van der Waals surface area contributed by atoms with Crippen LogP contribution in [0.5, 0.6) is 11.5 Å². The van der Waals surface area contributed by atoms with Gasteiger partial charge in [0.05, 0.1) is 23.1 Å². The predicted octanol–water partition coefficient (Wildman–Crippen LogP) is 7.29. The van der Waals surface area contributed by atoms with Crippen molar-refractivity contribution in [2.75, 3.05) is 5.73 Å². The molecule has 3 aromatic carbocycles. The molecule has 0 unspecified atom stereocenters. The maximum Gasteiger partial charge on any atom is 0.214 e. The number of nitrogens with zero attached hydrogens (tertiary/aromatic N) is 2. The van der Waals surface area contributed by atoms with Crippen LogP contribution >= 0.6 is 15.9 Å². The van der Waals surface area contributed by atoms with E-state index in [1.54, 1.807) is 36.4 Å². The number of rotatable bonds is 6. The number of ketones is 1. The summed E-state index contributed by atoms with van der Waals surface area (Å²) in [6, 6.07) is 17.4. The Balaban J connectivity index is 1.44. The van der Waals surface area contributed by atoms with E-state index in [1.807, 2.05) is 19.1 Å². The van der Waals surface area contributed by atoms with Gasteiger partial charge in [-0.2, -0.15) is 5.10 Å². The van der Waals surface area contributed by atoms with Crippen LogP contribution in [0, 0.1) is 12.7 Å². The second-order valence-corrected chi connectivity index (χ2v) is 9.82. The van der Waals surface area contributed by atoms with Crippen LogP contribution in [-0.4, -0.2) is 20.5 Å². The van der Waals surface area contributed by atoms with Gasteiger partial charge in [-0.25, -0.2) is 9.07 Å². The fourth-order valence-electron chi connectivity index (χ4n) is 4.19. The number of hydrogen-bond donors (Lipinski definition) is 2. The maximum atomic E-state index is 13.9. The predicted molar refractivity (Wildman–Crippen MR) is 143 cm³/mol. The summed E-state index contributed by atoms with van der Waals surface area (Å²) in [6.45, 7) is 6.12. The van der Waals surface area contributed by atoms with Gasteiger partial charge < -0.3 is 15.5 Å². The molecule has 3 N–H and O–H groups in total. The molecule has 0 saturated heterocycles. The highest BCUT2D eigenvalue weighted by Crippen LogP contribution is 2.32. The Morgan fingerprint density at radius 3 is 2.64 bits per heavy atom. The molecule has 2 aromatic heterocycles. The molecular weight excluding hydrogens is 523 g/mol. The molecule has 0 aliphatic carbocycles. The first-order valence-electron chi connectivity index (χ1n) is 11.5. The number of aromatic nitrogens is 3. The summed E-state index contributed by atoms with van der Waals surface area (Å²) in [5.74, 6) is 0.514. The average molecular weight is 547 g/mol. The molecule has 0 saturated carbocycles. The van der Waals surface area contributed by atoms with Crippen LogP contribution < -0.4 is 10.5 Å². The number of fused-ring (bicyclic) bond motifs is 1. The van der Waals surface area contributed by atoms with Gasteiger partial charge in [-0.05, 0) is 72.5 Å². The van der Waals surface area contributed by atoms with E-state index in [-0.39, 0.29) is 17.4 Å². The van der Waals surface area contributed by atoms with E-state index < -0.39 is 5.82 Å². The number of nitrogens with one attached hydrogen (secondary N) is 1. The summed E-state index contributed by atoms with van der Waals surface area (Å²) in [5, 5.41) is 5.33. The fourth-order valence-corrected chi connectivity index (χ4v) is 4.99. The third-order valence-electron chi connectivity index (χ3n) is 6.12. The van der Waals surface area contributed by atoms with E-state index in [1.165, 1.54) is 22.5 Å². The monoisotopic (exact) mass is 546 g/mol. The molecule has 0 spiro atoms. The quantitative estimate of drug-likeness (QED) is 0.219. The van der Waals surface area contributed by atoms with Crippen molar-refractivity contribution in [1.29, 1.82) is 0 Å². The molecule has 8 heteroatoms. The molecule has 0 fully saturated rings. The minimum absolute atomic E-state index is 0.141. The van der Waals surface area contributed by atoms with E-state index in [4.69, 9.17) is 10.5 Å². The standard InChI is InChI=1S/C28H24BrFN4O2/c1-15(2)19-11-17-12-24(33-23(17)13-21(19)29)27(35)20-14-32-34(28(20)31)25-9-8-18(10-16(25)3)36-26-7-5-4-6-22(26)30/h4-15,33H,31H2,1-3H3. The number of hydrogen-bond acceptors (Lipinski definition) is 4. The van der Waals surface area contributed by atoms with Gasteiger partial charge in [-0.3, -0.25) is 4.79 Å². The summed E-state index contributed by atoms with van der Waals surface area (Å²) < 4.78 is 22.1. The van der Waals surface area contributed by atoms with E-state index in [0.717, 1.165) is 20.9 Å². The van der Waals surface area contributed by atoms with Crippen molar-refractivity contribution < 1.29 is 13.9 Å². The van der Waals surface area contributed by atoms with Gasteiger partial charge in [-0.15, -0.1) is 0 Å². The number of H-pyrrole nitrogens is 1. The highest BCUT2D eigenvalue weighted by molar-refractivity contribution is 9.10. The number of halogens is 2. The maximum absolute atomic E-state index is 13.9. The van der Waals surface area contributed by atoms with Gasteiger partial charge in [0.2, 0.25) is 5.78 Å². The minimum atomic E-state index is -0.441. The van der Waals surface area contributed by atoms with Crippen molar-refractivity contribution in [3.05, 3.63) is 99.5 Å². The molecule has 0 amide bonds. The van der Waals surface area contributed by atoms with Crippen molar-refractivity contribution in [2.45, 2.75) is 26.7 Å². The van der Waals surface area contributed by atoms with Crippen LogP contribution in [0.3, 0.4) is 0 Å². The van der Waals surface area contributed by atoms with E-state index in [0.29, 0.717) is 28.6 Å². The van der Waals surface area contributed by atoms with Crippen molar-refractivity contribution >= 4 is 38.4 Å². The van der Waals surface area contributed by atoms with Gasteiger partial charge in [0, 0.05) is 15.4 Å². The number of nitrogen functional groups attached to an aromatic ring is 1. The molecule has 0 atom stereocenters.